The van der Waals surface area contributed by atoms with Crippen LogP contribution in [0, 0.1) is 5.92 Å². The van der Waals surface area contributed by atoms with Gasteiger partial charge in [0.25, 0.3) is 5.91 Å². The van der Waals surface area contributed by atoms with Gasteiger partial charge in [-0.1, -0.05) is 30.9 Å². The number of amides is 4. The third kappa shape index (κ3) is 4.83. The van der Waals surface area contributed by atoms with Crippen LogP contribution < -0.4 is 15.5 Å². The number of carbonyl (C=O) groups excluding carboxylic acids is 3. The number of benzene rings is 1. The number of nitrogens with zero attached hydrogens (tertiary/aromatic N) is 5. The highest BCUT2D eigenvalue weighted by Gasteiger charge is 2.47. The van der Waals surface area contributed by atoms with Gasteiger partial charge in [-0.2, -0.15) is 5.10 Å². The molecular formula is C30H37N7O3. The Morgan fingerprint density at radius 1 is 1.25 bits per heavy atom. The van der Waals surface area contributed by atoms with Gasteiger partial charge >= 0.3 is 6.03 Å². The first kappa shape index (κ1) is 27.4. The van der Waals surface area contributed by atoms with E-state index < -0.39 is 5.54 Å². The van der Waals surface area contributed by atoms with Crippen LogP contribution in [0.4, 0.5) is 16.3 Å². The molecule has 1 aromatic carbocycles. The van der Waals surface area contributed by atoms with Crippen LogP contribution >= 0.6 is 0 Å². The van der Waals surface area contributed by atoms with E-state index in [1.165, 1.54) is 6.08 Å². The van der Waals surface area contributed by atoms with Crippen molar-refractivity contribution in [3.8, 4) is 0 Å². The predicted molar refractivity (Wildman–Crippen MR) is 155 cm³/mol. The van der Waals surface area contributed by atoms with Gasteiger partial charge in [0.2, 0.25) is 5.91 Å². The van der Waals surface area contributed by atoms with Crippen LogP contribution in [0.2, 0.25) is 0 Å². The Bertz CT molecular complexity index is 1430. The molecular weight excluding hydrogens is 506 g/mol. The number of anilines is 2. The number of aryl methyl sites for hydroxylation is 1. The molecule has 4 amide bonds. The molecule has 2 N–H and O–H groups in total. The number of fused-ring (bicyclic) bond motifs is 2. The van der Waals surface area contributed by atoms with Crippen molar-refractivity contribution >= 4 is 29.4 Å². The van der Waals surface area contributed by atoms with E-state index in [9.17, 15) is 14.4 Å². The Hall–Kier alpha value is -4.18. The van der Waals surface area contributed by atoms with E-state index in [0.29, 0.717) is 30.2 Å². The second-order valence-corrected chi connectivity index (χ2v) is 11.4. The largest absolute Gasteiger partial charge is 0.333 e. The molecule has 1 aromatic heterocycles. The summed E-state index contributed by atoms with van der Waals surface area (Å²) in [6, 6.07) is 5.05. The summed E-state index contributed by atoms with van der Waals surface area (Å²) in [7, 11) is 5.88. The summed E-state index contributed by atoms with van der Waals surface area (Å²) in [5, 5.41) is 10.8. The Balaban J connectivity index is 1.39. The zero-order chi connectivity index (χ0) is 28.8. The molecule has 10 heteroatoms. The minimum atomic E-state index is -0.637. The van der Waals surface area contributed by atoms with E-state index in [1.807, 2.05) is 52.0 Å². The lowest BCUT2D eigenvalue weighted by Crippen LogP contribution is -2.53. The number of nitrogens with one attached hydrogen (secondary N) is 2. The van der Waals surface area contributed by atoms with Crippen molar-refractivity contribution in [3.63, 3.8) is 0 Å². The van der Waals surface area contributed by atoms with Crippen molar-refractivity contribution in [3.05, 3.63) is 77.5 Å². The maximum absolute atomic E-state index is 13.8. The molecule has 2 aliphatic heterocycles. The van der Waals surface area contributed by atoms with Crippen molar-refractivity contribution in [1.29, 1.82) is 0 Å². The lowest BCUT2D eigenvalue weighted by atomic mass is 9.92. The number of carbonyl (C=O) groups is 3. The molecule has 0 saturated carbocycles. The van der Waals surface area contributed by atoms with Crippen LogP contribution in [-0.4, -0.2) is 64.1 Å². The Morgan fingerprint density at radius 2 is 2.02 bits per heavy atom. The second kappa shape index (κ2) is 10.4. The normalized spacial score (nSPS) is 19.6. The number of hydrogen-bond donors (Lipinski definition) is 2. The van der Waals surface area contributed by atoms with Gasteiger partial charge in [-0.05, 0) is 64.2 Å². The fourth-order valence-electron chi connectivity index (χ4n) is 6.07. The monoisotopic (exact) mass is 543 g/mol. The van der Waals surface area contributed by atoms with E-state index in [1.54, 1.807) is 27.8 Å². The molecule has 0 fully saturated rings. The number of urea groups is 1. The number of allylic oxidation sites excluding steroid dienone is 3. The summed E-state index contributed by atoms with van der Waals surface area (Å²) in [6.07, 6.45) is 10.5. The summed E-state index contributed by atoms with van der Waals surface area (Å²) in [5.41, 5.74) is 3.12. The van der Waals surface area contributed by atoms with Gasteiger partial charge in [-0.3, -0.25) is 19.2 Å². The van der Waals surface area contributed by atoms with Gasteiger partial charge in [-0.25, -0.2) is 4.79 Å². The van der Waals surface area contributed by atoms with E-state index >= 15 is 0 Å². The predicted octanol–water partition coefficient (Wildman–Crippen LogP) is 3.53. The first-order valence-electron chi connectivity index (χ1n) is 13.5. The third-order valence-corrected chi connectivity index (χ3v) is 7.96. The number of likely N-dealkylation sites (N-methyl/N-ethyl adjacent to an activating group) is 1. The van der Waals surface area contributed by atoms with Gasteiger partial charge in [0.05, 0.1) is 24.3 Å². The average molecular weight is 544 g/mol. The lowest BCUT2D eigenvalue weighted by molar-refractivity contribution is -0.111. The summed E-state index contributed by atoms with van der Waals surface area (Å²) >= 11 is 0. The Morgan fingerprint density at radius 3 is 2.70 bits per heavy atom. The second-order valence-electron chi connectivity index (χ2n) is 11.4. The van der Waals surface area contributed by atoms with Gasteiger partial charge < -0.3 is 20.4 Å². The number of rotatable bonds is 7. The average Bonchev–Trinajstić information content (AvgIpc) is 3.52. The molecule has 5 rings (SSSR count). The molecule has 3 aliphatic rings. The first-order valence-corrected chi connectivity index (χ1v) is 13.5. The summed E-state index contributed by atoms with van der Waals surface area (Å²) in [5.74, 6) is 0.307. The first-order chi connectivity index (χ1) is 19.0. The fraction of sp³-hybridized carbons (Fsp3) is 0.400. The quantitative estimate of drug-likeness (QED) is 0.520. The van der Waals surface area contributed by atoms with Crippen LogP contribution in [-0.2, 0) is 30.5 Å². The standard InChI is InChI=1S/C30H37N7O3/c1-7-25(38)31-21-13-14-22-20(15-21)16-36(28(22)39)27-23-17-37(30(2,3)26(23)35(6)33-27)29(40)32-24(18-34(4)5)19-11-9-8-10-12-19/h7-11,13-15,19,24H,1,12,16-18H2,2-6H3,(H,31,38)(H,32,40)/t19?,24-/m1/s1. The van der Waals surface area contributed by atoms with Crippen molar-refractivity contribution in [2.24, 2.45) is 13.0 Å². The summed E-state index contributed by atoms with van der Waals surface area (Å²) in [6.45, 7) is 8.91. The highest BCUT2D eigenvalue weighted by molar-refractivity contribution is 6.10. The van der Waals surface area contributed by atoms with E-state index in [-0.39, 0.29) is 29.8 Å². The molecule has 0 bridgehead atoms. The van der Waals surface area contributed by atoms with Gasteiger partial charge in [-0.15, -0.1) is 0 Å². The molecule has 3 heterocycles. The van der Waals surface area contributed by atoms with Crippen molar-refractivity contribution in [2.75, 3.05) is 30.9 Å². The van der Waals surface area contributed by atoms with Crippen LogP contribution in [0.15, 0.2) is 55.2 Å². The molecule has 0 radical (unpaired) electrons. The highest BCUT2D eigenvalue weighted by Crippen LogP contribution is 2.44. The van der Waals surface area contributed by atoms with Crippen LogP contribution in [0.1, 0.15) is 47.4 Å². The molecule has 0 saturated heterocycles. The molecule has 2 atom stereocenters. The third-order valence-electron chi connectivity index (χ3n) is 7.96. The molecule has 1 aliphatic carbocycles. The maximum Gasteiger partial charge on any atom is 0.318 e. The van der Waals surface area contributed by atoms with Gasteiger partial charge in [0, 0.05) is 42.4 Å². The smallest absolute Gasteiger partial charge is 0.318 e. The van der Waals surface area contributed by atoms with Crippen LogP contribution in [0.3, 0.4) is 0 Å². The summed E-state index contributed by atoms with van der Waals surface area (Å²) < 4.78 is 1.79. The van der Waals surface area contributed by atoms with Crippen molar-refractivity contribution < 1.29 is 14.4 Å². The zero-order valence-corrected chi connectivity index (χ0v) is 23.8. The molecule has 0 spiro atoms. The van der Waals surface area contributed by atoms with Crippen molar-refractivity contribution in [2.45, 2.75) is 44.9 Å². The van der Waals surface area contributed by atoms with Crippen molar-refractivity contribution in [1.82, 2.24) is 24.9 Å². The topological polar surface area (TPSA) is 103 Å². The fourth-order valence-corrected chi connectivity index (χ4v) is 6.07. The number of hydrogen-bond acceptors (Lipinski definition) is 5. The molecule has 2 aromatic rings. The molecule has 1 unspecified atom stereocenters. The maximum atomic E-state index is 13.8. The van der Waals surface area contributed by atoms with Gasteiger partial charge in [0.1, 0.15) is 0 Å². The molecule has 40 heavy (non-hydrogen) atoms. The lowest BCUT2D eigenvalue weighted by Gasteiger charge is -2.36. The number of aromatic nitrogens is 2. The zero-order valence-electron chi connectivity index (χ0n) is 23.8. The van der Waals surface area contributed by atoms with Crippen LogP contribution in [0.25, 0.3) is 0 Å². The summed E-state index contributed by atoms with van der Waals surface area (Å²) in [4.78, 5) is 44.6. The van der Waals surface area contributed by atoms with E-state index in [2.05, 4.69) is 34.3 Å². The Kier molecular flexibility index (Phi) is 7.14. The minimum absolute atomic E-state index is 0.0498. The van der Waals surface area contributed by atoms with E-state index in [0.717, 1.165) is 29.8 Å². The highest BCUT2D eigenvalue weighted by atomic mass is 16.2. The Labute approximate surface area is 235 Å². The SMILES string of the molecule is C=CC(=O)Nc1ccc2c(c1)CN(c1nn(C)c3c1CN(C(=O)N[C@H](CN(C)C)C1C=CC=CC1)C3(C)C)C2=O. The van der Waals surface area contributed by atoms with Gasteiger partial charge in [0.15, 0.2) is 5.82 Å². The van der Waals surface area contributed by atoms with E-state index in [4.69, 9.17) is 5.10 Å². The van der Waals surface area contributed by atoms with Crippen LogP contribution in [0.5, 0.6) is 0 Å². The molecule has 210 valence electrons. The molecule has 10 nitrogen and oxygen atoms in total. The minimum Gasteiger partial charge on any atom is -0.333 e.